The maximum Gasteiger partial charge on any atom is 0.248 e. The number of rotatable bonds is 4. The Morgan fingerprint density at radius 2 is 2.27 bits per heavy atom. The summed E-state index contributed by atoms with van der Waals surface area (Å²) < 4.78 is 6.15. The molecule has 0 aliphatic carbocycles. The second-order valence-electron chi connectivity index (χ2n) is 3.29. The summed E-state index contributed by atoms with van der Waals surface area (Å²) >= 11 is 3.31. The molecule has 0 fully saturated rings. The normalized spacial score (nSPS) is 10.1. The fourth-order valence-corrected chi connectivity index (χ4v) is 1.33. The Morgan fingerprint density at radius 3 is 2.87 bits per heavy atom. The minimum atomic E-state index is -0.0436. The Morgan fingerprint density at radius 1 is 1.53 bits per heavy atom. The maximum absolute atomic E-state index is 11.2. The van der Waals surface area contributed by atoms with Crippen molar-refractivity contribution < 1.29 is 9.53 Å². The molecule has 0 aromatic carbocycles. The summed E-state index contributed by atoms with van der Waals surface area (Å²) in [6.45, 7) is 0.492. The fraction of sp³-hybridized carbons (Fsp3) is 0.400. The molecule has 0 saturated carbocycles. The molecule has 4 nitrogen and oxygen atoms in total. The zero-order valence-electron chi connectivity index (χ0n) is 8.74. The molecule has 1 aromatic heterocycles. The molecule has 0 aliphatic heterocycles. The lowest BCUT2D eigenvalue weighted by molar-refractivity contribution is -0.133. The largest absolute Gasteiger partial charge is 0.367 e. The zero-order valence-corrected chi connectivity index (χ0v) is 10.3. The number of halogens is 1. The second-order valence-corrected chi connectivity index (χ2v) is 4.21. The van der Waals surface area contributed by atoms with Crippen molar-refractivity contribution in [2.24, 2.45) is 0 Å². The van der Waals surface area contributed by atoms with E-state index >= 15 is 0 Å². The van der Waals surface area contributed by atoms with Crippen LogP contribution in [0.5, 0.6) is 0 Å². The first kappa shape index (κ1) is 12.1. The average molecular weight is 273 g/mol. The van der Waals surface area contributed by atoms with E-state index in [2.05, 4.69) is 20.9 Å². The molecule has 1 heterocycles. The van der Waals surface area contributed by atoms with Crippen molar-refractivity contribution >= 4 is 21.8 Å². The number of hydrogen-bond acceptors (Lipinski definition) is 3. The summed E-state index contributed by atoms with van der Waals surface area (Å²) in [6, 6.07) is 1.91. The number of likely N-dealkylation sites (N-methyl/N-ethyl adjacent to an activating group) is 1. The van der Waals surface area contributed by atoms with Crippen molar-refractivity contribution in [3.8, 4) is 0 Å². The van der Waals surface area contributed by atoms with Crippen molar-refractivity contribution in [3.05, 3.63) is 28.5 Å². The van der Waals surface area contributed by atoms with Crippen molar-refractivity contribution in [2.75, 3.05) is 20.7 Å². The van der Waals surface area contributed by atoms with Gasteiger partial charge in [0.15, 0.2) is 0 Å². The first-order valence-corrected chi connectivity index (χ1v) is 5.26. The minimum absolute atomic E-state index is 0.0436. The molecule has 0 bridgehead atoms. The highest BCUT2D eigenvalue weighted by Crippen LogP contribution is 2.10. The van der Waals surface area contributed by atoms with Crippen LogP contribution < -0.4 is 0 Å². The van der Waals surface area contributed by atoms with Gasteiger partial charge in [-0.25, -0.2) is 0 Å². The van der Waals surface area contributed by atoms with Crippen LogP contribution in [0.4, 0.5) is 0 Å². The van der Waals surface area contributed by atoms with Crippen LogP contribution in [-0.4, -0.2) is 36.5 Å². The van der Waals surface area contributed by atoms with Crippen molar-refractivity contribution in [1.82, 2.24) is 9.88 Å². The SMILES string of the molecule is CN(C)C(=O)COCc1cncc(Br)c1. The molecule has 0 aliphatic rings. The third-order valence-corrected chi connectivity index (χ3v) is 2.19. The molecular weight excluding hydrogens is 260 g/mol. The van der Waals surface area contributed by atoms with Gasteiger partial charge in [0.05, 0.1) is 6.61 Å². The van der Waals surface area contributed by atoms with Crippen molar-refractivity contribution in [3.63, 3.8) is 0 Å². The lowest BCUT2D eigenvalue weighted by Gasteiger charge is -2.10. The number of hydrogen-bond donors (Lipinski definition) is 0. The van der Waals surface area contributed by atoms with Crippen LogP contribution in [0.15, 0.2) is 22.9 Å². The zero-order chi connectivity index (χ0) is 11.3. The van der Waals surface area contributed by atoms with Gasteiger partial charge in [-0.05, 0) is 27.6 Å². The Balaban J connectivity index is 2.35. The predicted molar refractivity (Wildman–Crippen MR) is 60.3 cm³/mol. The molecule has 5 heteroatoms. The molecule has 1 amide bonds. The molecule has 0 spiro atoms. The first-order chi connectivity index (χ1) is 7.09. The van der Waals surface area contributed by atoms with Crippen LogP contribution in [0.25, 0.3) is 0 Å². The third-order valence-electron chi connectivity index (χ3n) is 1.75. The van der Waals surface area contributed by atoms with Crippen LogP contribution in [0.1, 0.15) is 5.56 Å². The quantitative estimate of drug-likeness (QED) is 0.833. The van der Waals surface area contributed by atoms with Crippen LogP contribution >= 0.6 is 15.9 Å². The van der Waals surface area contributed by atoms with Gasteiger partial charge in [0, 0.05) is 31.0 Å². The van der Waals surface area contributed by atoms with E-state index < -0.39 is 0 Å². The molecule has 0 unspecified atom stereocenters. The van der Waals surface area contributed by atoms with E-state index in [0.29, 0.717) is 6.61 Å². The number of nitrogens with zero attached hydrogens (tertiary/aromatic N) is 2. The summed E-state index contributed by atoms with van der Waals surface area (Å²) in [5.74, 6) is -0.0436. The van der Waals surface area contributed by atoms with E-state index in [4.69, 9.17) is 4.74 Å². The number of carbonyl (C=O) groups is 1. The Bertz CT molecular complexity index is 342. The molecule has 0 radical (unpaired) electrons. The van der Waals surface area contributed by atoms with Gasteiger partial charge in [-0.15, -0.1) is 0 Å². The van der Waals surface area contributed by atoms with Gasteiger partial charge in [-0.3, -0.25) is 9.78 Å². The number of amides is 1. The average Bonchev–Trinajstić information content (AvgIpc) is 2.17. The van der Waals surface area contributed by atoms with E-state index in [9.17, 15) is 4.79 Å². The highest BCUT2D eigenvalue weighted by molar-refractivity contribution is 9.10. The monoisotopic (exact) mass is 272 g/mol. The van der Waals surface area contributed by atoms with Crippen molar-refractivity contribution in [2.45, 2.75) is 6.61 Å². The van der Waals surface area contributed by atoms with Gasteiger partial charge in [0.25, 0.3) is 0 Å². The van der Waals surface area contributed by atoms with Gasteiger partial charge in [0.2, 0.25) is 5.91 Å². The summed E-state index contributed by atoms with van der Waals surface area (Å²) in [7, 11) is 3.40. The van der Waals surface area contributed by atoms with Gasteiger partial charge in [-0.1, -0.05) is 0 Å². The summed E-state index contributed by atoms with van der Waals surface area (Å²) in [6.07, 6.45) is 3.42. The lowest BCUT2D eigenvalue weighted by Crippen LogP contribution is -2.26. The Labute approximate surface area is 97.4 Å². The number of carbonyl (C=O) groups excluding carboxylic acids is 1. The van der Waals surface area contributed by atoms with Crippen molar-refractivity contribution in [1.29, 1.82) is 0 Å². The number of pyridine rings is 1. The number of aromatic nitrogens is 1. The molecule has 15 heavy (non-hydrogen) atoms. The van der Waals surface area contributed by atoms with Gasteiger partial charge >= 0.3 is 0 Å². The van der Waals surface area contributed by atoms with Crippen LogP contribution in [-0.2, 0) is 16.1 Å². The van der Waals surface area contributed by atoms with E-state index in [-0.39, 0.29) is 12.5 Å². The van der Waals surface area contributed by atoms with Gasteiger partial charge in [-0.2, -0.15) is 0 Å². The first-order valence-electron chi connectivity index (χ1n) is 4.47. The summed E-state index contributed by atoms with van der Waals surface area (Å²) in [5.41, 5.74) is 0.941. The molecule has 0 saturated heterocycles. The minimum Gasteiger partial charge on any atom is -0.367 e. The molecule has 1 aromatic rings. The summed E-state index contributed by atoms with van der Waals surface area (Å²) in [5, 5.41) is 0. The van der Waals surface area contributed by atoms with Crippen LogP contribution in [0, 0.1) is 0 Å². The van der Waals surface area contributed by atoms with Crippen LogP contribution in [0.3, 0.4) is 0 Å². The highest BCUT2D eigenvalue weighted by atomic mass is 79.9. The number of ether oxygens (including phenoxy) is 1. The molecule has 1 rings (SSSR count). The third kappa shape index (κ3) is 4.40. The van der Waals surface area contributed by atoms with Gasteiger partial charge in [0.1, 0.15) is 6.61 Å². The van der Waals surface area contributed by atoms with E-state index in [1.54, 1.807) is 26.5 Å². The van der Waals surface area contributed by atoms with E-state index in [0.717, 1.165) is 10.0 Å². The highest BCUT2D eigenvalue weighted by Gasteiger charge is 2.03. The fourth-order valence-electron chi connectivity index (χ4n) is 0.920. The van der Waals surface area contributed by atoms with Crippen LogP contribution in [0.2, 0.25) is 0 Å². The smallest absolute Gasteiger partial charge is 0.248 e. The van der Waals surface area contributed by atoms with E-state index in [1.807, 2.05) is 6.07 Å². The molecule has 0 N–H and O–H groups in total. The molecule has 0 atom stereocenters. The lowest BCUT2D eigenvalue weighted by atomic mass is 10.3. The molecule has 82 valence electrons. The van der Waals surface area contributed by atoms with Gasteiger partial charge < -0.3 is 9.64 Å². The Hall–Kier alpha value is -0.940. The molecular formula is C10H13BrN2O2. The maximum atomic E-state index is 11.2. The Kier molecular flexibility index (Phi) is 4.71. The summed E-state index contributed by atoms with van der Waals surface area (Å²) in [4.78, 5) is 16.7. The standard InChI is InChI=1S/C10H13BrN2O2/c1-13(2)10(14)7-15-6-8-3-9(11)5-12-4-8/h3-5H,6-7H2,1-2H3. The second kappa shape index (κ2) is 5.82. The topological polar surface area (TPSA) is 42.4 Å². The van der Waals surface area contributed by atoms with E-state index in [1.165, 1.54) is 4.90 Å². The predicted octanol–water partition coefficient (Wildman–Crippen LogP) is 1.45.